The standard InChI is InChI=1S/C40H54N2O6/c1-45-31-11-9-27-25-41(21-17-39-15-13-29(43)23-33(39)47-37(31)35(27)39)19-7-5-3-4-6-8-20-42-22-18-40-16-14-30(44)24-34(40)48-38-32(46-2)12-10-28(26-42)36(38)40/h9-13,15,29-30,33-34,43-44H,3-8,14,16-26H2,1-2H3/t29-,30-,33-,34-,39-,40-/m0/s1. The number of benzene rings is 2. The minimum absolute atomic E-state index is 0.0143. The maximum atomic E-state index is 10.5. The molecular weight excluding hydrogens is 604 g/mol. The molecule has 6 aliphatic rings. The van der Waals surface area contributed by atoms with Gasteiger partial charge in [0.2, 0.25) is 0 Å². The molecule has 4 heterocycles. The molecule has 2 spiro atoms. The van der Waals surface area contributed by atoms with Crippen LogP contribution in [0.15, 0.2) is 36.4 Å². The molecular formula is C40H54N2O6. The molecule has 2 aromatic carbocycles. The van der Waals surface area contributed by atoms with Crippen molar-refractivity contribution in [3.8, 4) is 23.0 Å². The average molecular weight is 659 g/mol. The Morgan fingerprint density at radius 3 is 2.02 bits per heavy atom. The number of ether oxygens (including phenoxy) is 4. The van der Waals surface area contributed by atoms with Gasteiger partial charge in [-0.25, -0.2) is 0 Å². The lowest BCUT2D eigenvalue weighted by Crippen LogP contribution is -2.46. The number of aliphatic hydroxyl groups excluding tert-OH is 2. The van der Waals surface area contributed by atoms with Crippen molar-refractivity contribution in [3.63, 3.8) is 0 Å². The van der Waals surface area contributed by atoms with Crippen LogP contribution >= 0.6 is 0 Å². The van der Waals surface area contributed by atoms with E-state index < -0.39 is 6.10 Å². The van der Waals surface area contributed by atoms with Gasteiger partial charge in [-0.05, 0) is 88.0 Å². The van der Waals surface area contributed by atoms with Crippen LogP contribution in [0.5, 0.6) is 23.0 Å². The van der Waals surface area contributed by atoms with E-state index in [0.717, 1.165) is 94.4 Å². The highest BCUT2D eigenvalue weighted by molar-refractivity contribution is 5.61. The molecule has 48 heavy (non-hydrogen) atoms. The van der Waals surface area contributed by atoms with Crippen LogP contribution in [0.25, 0.3) is 0 Å². The van der Waals surface area contributed by atoms with Crippen molar-refractivity contribution in [2.45, 2.75) is 125 Å². The van der Waals surface area contributed by atoms with Crippen molar-refractivity contribution in [1.29, 1.82) is 0 Å². The van der Waals surface area contributed by atoms with E-state index in [0.29, 0.717) is 6.42 Å². The van der Waals surface area contributed by atoms with Gasteiger partial charge in [-0.1, -0.05) is 50.0 Å². The van der Waals surface area contributed by atoms with Crippen LogP contribution in [0.3, 0.4) is 0 Å². The van der Waals surface area contributed by atoms with Gasteiger partial charge in [0.05, 0.1) is 31.8 Å². The highest BCUT2D eigenvalue weighted by Gasteiger charge is 2.55. The second kappa shape index (κ2) is 13.2. The fourth-order valence-corrected chi connectivity index (χ4v) is 10.2. The molecule has 0 aromatic heterocycles. The largest absolute Gasteiger partial charge is 0.493 e. The molecule has 8 heteroatoms. The Balaban J connectivity index is 0.809. The Morgan fingerprint density at radius 1 is 0.729 bits per heavy atom. The second-order valence-electron chi connectivity index (χ2n) is 15.4. The molecule has 6 atom stereocenters. The SMILES string of the molecule is COc1ccc2c3c1O[C@H]1C[C@@H](O)CC[C@@]31CCN(CCCCCCCCN1CC[C@@]34C=C[C@H](O)C[C@@H]3Oc3c(OC)ccc(c34)C1)C2. The zero-order chi connectivity index (χ0) is 32.9. The molecule has 4 aliphatic heterocycles. The lowest BCUT2D eigenvalue weighted by Gasteiger charge is -2.40. The van der Waals surface area contributed by atoms with Crippen molar-refractivity contribution in [1.82, 2.24) is 9.80 Å². The fraction of sp³-hybridized carbons (Fsp3) is 0.650. The Hall–Kier alpha value is -2.78. The van der Waals surface area contributed by atoms with E-state index >= 15 is 0 Å². The predicted octanol–water partition coefficient (Wildman–Crippen LogP) is 6.02. The van der Waals surface area contributed by atoms with Gasteiger partial charge in [-0.3, -0.25) is 9.80 Å². The maximum Gasteiger partial charge on any atom is 0.166 e. The van der Waals surface area contributed by atoms with Crippen molar-refractivity contribution in [3.05, 3.63) is 58.7 Å². The van der Waals surface area contributed by atoms with Crippen LogP contribution in [-0.4, -0.2) is 84.8 Å². The van der Waals surface area contributed by atoms with E-state index in [1.807, 2.05) is 6.08 Å². The summed E-state index contributed by atoms with van der Waals surface area (Å²) in [5.41, 5.74) is 5.27. The zero-order valence-electron chi connectivity index (χ0n) is 28.9. The summed E-state index contributed by atoms with van der Waals surface area (Å²) < 4.78 is 24.4. The summed E-state index contributed by atoms with van der Waals surface area (Å²) in [7, 11) is 3.45. The van der Waals surface area contributed by atoms with Gasteiger partial charge in [-0.15, -0.1) is 0 Å². The molecule has 0 unspecified atom stereocenters. The second-order valence-corrected chi connectivity index (χ2v) is 15.4. The molecule has 0 radical (unpaired) electrons. The predicted molar refractivity (Wildman–Crippen MR) is 185 cm³/mol. The Bertz CT molecular complexity index is 1530. The van der Waals surface area contributed by atoms with Crippen LogP contribution in [0.1, 0.15) is 99.3 Å². The van der Waals surface area contributed by atoms with Crippen LogP contribution in [-0.2, 0) is 23.9 Å². The minimum Gasteiger partial charge on any atom is -0.493 e. The number of unbranched alkanes of at least 4 members (excludes halogenated alkanes) is 5. The van der Waals surface area contributed by atoms with Gasteiger partial charge in [0.15, 0.2) is 23.0 Å². The van der Waals surface area contributed by atoms with E-state index in [1.165, 1.54) is 60.8 Å². The van der Waals surface area contributed by atoms with Crippen LogP contribution in [0, 0.1) is 0 Å². The molecule has 0 bridgehead atoms. The van der Waals surface area contributed by atoms with Crippen molar-refractivity contribution in [2.24, 2.45) is 0 Å². The Morgan fingerprint density at radius 2 is 1.33 bits per heavy atom. The van der Waals surface area contributed by atoms with Gasteiger partial charge in [0.1, 0.15) is 12.2 Å². The Kier molecular flexibility index (Phi) is 8.89. The molecule has 2 aromatic rings. The number of methoxy groups -OCH3 is 2. The first-order chi connectivity index (χ1) is 23.4. The van der Waals surface area contributed by atoms with E-state index in [1.54, 1.807) is 14.2 Å². The van der Waals surface area contributed by atoms with Gasteiger partial charge >= 0.3 is 0 Å². The lowest BCUT2D eigenvalue weighted by molar-refractivity contribution is 0.0113. The van der Waals surface area contributed by atoms with Crippen LogP contribution in [0.2, 0.25) is 0 Å². The first-order valence-corrected chi connectivity index (χ1v) is 18.7. The molecule has 8 nitrogen and oxygen atoms in total. The van der Waals surface area contributed by atoms with Gasteiger partial charge in [-0.2, -0.15) is 0 Å². The Labute approximate surface area is 286 Å². The smallest absolute Gasteiger partial charge is 0.166 e. The summed E-state index contributed by atoms with van der Waals surface area (Å²) in [5, 5.41) is 20.8. The van der Waals surface area contributed by atoms with Crippen LogP contribution in [0.4, 0.5) is 0 Å². The number of hydrogen-bond donors (Lipinski definition) is 2. The average Bonchev–Trinajstić information content (AvgIpc) is 3.48. The third kappa shape index (κ3) is 5.51. The van der Waals surface area contributed by atoms with Crippen molar-refractivity contribution >= 4 is 0 Å². The summed E-state index contributed by atoms with van der Waals surface area (Å²) in [6.45, 7) is 6.32. The normalized spacial score (nSPS) is 31.8. The first-order valence-electron chi connectivity index (χ1n) is 18.7. The summed E-state index contributed by atoms with van der Waals surface area (Å²) in [4.78, 5) is 5.29. The van der Waals surface area contributed by atoms with E-state index in [2.05, 4.69) is 40.1 Å². The molecule has 260 valence electrons. The van der Waals surface area contributed by atoms with Gasteiger partial charge in [0, 0.05) is 42.5 Å². The summed E-state index contributed by atoms with van der Waals surface area (Å²) in [5.74, 6) is 3.48. The van der Waals surface area contributed by atoms with Crippen LogP contribution < -0.4 is 18.9 Å². The third-order valence-electron chi connectivity index (χ3n) is 12.7. The maximum absolute atomic E-state index is 10.5. The van der Waals surface area contributed by atoms with E-state index in [4.69, 9.17) is 18.9 Å². The topological polar surface area (TPSA) is 83.9 Å². The monoisotopic (exact) mass is 658 g/mol. The van der Waals surface area contributed by atoms with Crippen molar-refractivity contribution < 1.29 is 29.2 Å². The molecule has 8 rings (SSSR count). The lowest BCUT2D eigenvalue weighted by atomic mass is 9.65. The summed E-state index contributed by atoms with van der Waals surface area (Å²) in [6, 6.07) is 8.63. The van der Waals surface area contributed by atoms with Crippen molar-refractivity contribution in [2.75, 3.05) is 40.4 Å². The zero-order valence-corrected chi connectivity index (χ0v) is 28.9. The van der Waals surface area contributed by atoms with Gasteiger partial charge < -0.3 is 29.2 Å². The highest BCUT2D eigenvalue weighted by Crippen LogP contribution is 2.58. The molecule has 0 saturated heterocycles. The molecule has 2 N–H and O–H groups in total. The number of nitrogens with zero attached hydrogens (tertiary/aromatic N) is 2. The molecule has 1 fully saturated rings. The quantitative estimate of drug-likeness (QED) is 0.224. The summed E-state index contributed by atoms with van der Waals surface area (Å²) >= 11 is 0. The fourth-order valence-electron chi connectivity index (χ4n) is 10.2. The summed E-state index contributed by atoms with van der Waals surface area (Å²) in [6.07, 6.45) is 16.5. The highest BCUT2D eigenvalue weighted by atomic mass is 16.5. The number of hydrogen-bond acceptors (Lipinski definition) is 8. The minimum atomic E-state index is -0.444. The molecule has 2 aliphatic carbocycles. The van der Waals surface area contributed by atoms with E-state index in [9.17, 15) is 10.2 Å². The molecule has 1 saturated carbocycles. The van der Waals surface area contributed by atoms with E-state index in [-0.39, 0.29) is 29.1 Å². The third-order valence-corrected chi connectivity index (χ3v) is 12.7. The number of aliphatic hydroxyl groups is 2. The molecule has 0 amide bonds. The van der Waals surface area contributed by atoms with Gasteiger partial charge in [0.25, 0.3) is 0 Å². The number of rotatable bonds is 11. The first kappa shape index (κ1) is 32.4.